The van der Waals surface area contributed by atoms with E-state index in [9.17, 15) is 4.79 Å². The first-order chi connectivity index (χ1) is 17.1. The summed E-state index contributed by atoms with van der Waals surface area (Å²) >= 11 is 2.79. The molecule has 4 aromatic rings. The van der Waals surface area contributed by atoms with Gasteiger partial charge >= 0.3 is 6.03 Å². The molecule has 0 bridgehead atoms. The number of ether oxygens (including phenoxy) is 1. The van der Waals surface area contributed by atoms with Gasteiger partial charge in [-0.3, -0.25) is 0 Å². The topological polar surface area (TPSA) is 119 Å². The van der Waals surface area contributed by atoms with Gasteiger partial charge in [0.25, 0.3) is 0 Å². The van der Waals surface area contributed by atoms with Crippen LogP contribution in [0.2, 0.25) is 0 Å². The third kappa shape index (κ3) is 5.87. The molecule has 0 radical (unpaired) electrons. The molecule has 4 heterocycles. The lowest BCUT2D eigenvalue weighted by Gasteiger charge is -2.29. The predicted molar refractivity (Wildman–Crippen MR) is 135 cm³/mol. The monoisotopic (exact) mass is 505 g/mol. The molecule has 1 aromatic carbocycles. The van der Waals surface area contributed by atoms with Crippen LogP contribution in [0, 0.1) is 0 Å². The van der Waals surface area contributed by atoms with Gasteiger partial charge < -0.3 is 20.7 Å². The van der Waals surface area contributed by atoms with Crippen molar-refractivity contribution in [3.63, 3.8) is 0 Å². The molecule has 1 saturated heterocycles. The van der Waals surface area contributed by atoms with E-state index in [4.69, 9.17) is 10.5 Å². The van der Waals surface area contributed by atoms with Crippen LogP contribution >= 0.6 is 23.3 Å². The van der Waals surface area contributed by atoms with Gasteiger partial charge in [-0.25, -0.2) is 19.7 Å². The van der Waals surface area contributed by atoms with Crippen molar-refractivity contribution in [3.05, 3.63) is 72.8 Å². The number of nitrogens with one attached hydrogen (secondary N) is 1. The summed E-state index contributed by atoms with van der Waals surface area (Å²) in [6, 6.07) is 16.9. The maximum absolute atomic E-state index is 11.4. The zero-order chi connectivity index (χ0) is 24.0. The number of urea groups is 1. The number of rotatable bonds is 7. The molecule has 3 aromatic heterocycles. The smallest absolute Gasteiger partial charge is 0.314 e. The standard InChI is InChI=1S/C24H23N7O2S2/c25-23(32)31-12-9-16(10-13-31)21-28-24(35-30-21)29-22-19(33-17-6-2-1-3-7-17)14-18(15-27-22)34-20-8-4-5-11-26-20/h1-8,11,14-16H,9-10,12-13H2,(H2,25,32)(H,27,28,29,30). The van der Waals surface area contributed by atoms with Crippen molar-refractivity contribution >= 4 is 40.3 Å². The van der Waals surface area contributed by atoms with Crippen LogP contribution in [0.25, 0.3) is 0 Å². The molecule has 2 amide bonds. The zero-order valence-electron chi connectivity index (χ0n) is 18.7. The summed E-state index contributed by atoms with van der Waals surface area (Å²) in [7, 11) is 0. The van der Waals surface area contributed by atoms with E-state index >= 15 is 0 Å². The van der Waals surface area contributed by atoms with Gasteiger partial charge in [0.1, 0.15) is 16.6 Å². The second kappa shape index (κ2) is 10.7. The zero-order valence-corrected chi connectivity index (χ0v) is 20.3. The number of hydrogen-bond acceptors (Lipinski definition) is 9. The number of piperidine rings is 1. The maximum atomic E-state index is 11.4. The number of hydrogen-bond donors (Lipinski definition) is 2. The number of para-hydroxylation sites is 1. The molecule has 5 rings (SSSR count). The first-order valence-electron chi connectivity index (χ1n) is 11.1. The van der Waals surface area contributed by atoms with Gasteiger partial charge in [0, 0.05) is 53.9 Å². The Morgan fingerprint density at radius 1 is 1.11 bits per heavy atom. The van der Waals surface area contributed by atoms with E-state index in [0.717, 1.165) is 28.6 Å². The van der Waals surface area contributed by atoms with Crippen molar-refractivity contribution in [1.82, 2.24) is 24.2 Å². The summed E-state index contributed by atoms with van der Waals surface area (Å²) in [6.07, 6.45) is 5.12. The molecule has 0 unspecified atom stereocenters. The molecular weight excluding hydrogens is 482 g/mol. The van der Waals surface area contributed by atoms with E-state index < -0.39 is 0 Å². The molecule has 0 saturated carbocycles. The summed E-state index contributed by atoms with van der Waals surface area (Å²) in [4.78, 5) is 27.6. The van der Waals surface area contributed by atoms with Crippen LogP contribution < -0.4 is 15.8 Å². The van der Waals surface area contributed by atoms with Crippen LogP contribution in [0.1, 0.15) is 24.6 Å². The fraction of sp³-hybridized carbons (Fsp3) is 0.208. The van der Waals surface area contributed by atoms with E-state index in [-0.39, 0.29) is 11.9 Å². The molecule has 3 N–H and O–H groups in total. The quantitative estimate of drug-likeness (QED) is 0.348. The molecule has 1 fully saturated rings. The molecular formula is C24H23N7O2S2. The lowest BCUT2D eigenvalue weighted by atomic mass is 9.96. The van der Waals surface area contributed by atoms with Crippen molar-refractivity contribution in [1.29, 1.82) is 0 Å². The molecule has 11 heteroatoms. The van der Waals surface area contributed by atoms with E-state index in [2.05, 4.69) is 24.6 Å². The van der Waals surface area contributed by atoms with Crippen LogP contribution in [0.3, 0.4) is 0 Å². The van der Waals surface area contributed by atoms with Crippen LogP contribution in [0.5, 0.6) is 11.5 Å². The van der Waals surface area contributed by atoms with Crippen molar-refractivity contribution < 1.29 is 9.53 Å². The third-order valence-electron chi connectivity index (χ3n) is 5.50. The minimum absolute atomic E-state index is 0.197. The Kier molecular flexibility index (Phi) is 7.05. The average molecular weight is 506 g/mol. The van der Waals surface area contributed by atoms with Gasteiger partial charge in [0.2, 0.25) is 5.13 Å². The van der Waals surface area contributed by atoms with Crippen molar-refractivity contribution in [2.24, 2.45) is 5.73 Å². The Bertz CT molecular complexity index is 1280. The molecule has 35 heavy (non-hydrogen) atoms. The minimum Gasteiger partial charge on any atom is -0.453 e. The highest BCUT2D eigenvalue weighted by Crippen LogP contribution is 2.36. The first-order valence-corrected chi connectivity index (χ1v) is 12.7. The number of aromatic nitrogens is 4. The highest BCUT2D eigenvalue weighted by molar-refractivity contribution is 7.99. The summed E-state index contributed by atoms with van der Waals surface area (Å²) < 4.78 is 10.7. The van der Waals surface area contributed by atoms with E-state index in [0.29, 0.717) is 35.5 Å². The van der Waals surface area contributed by atoms with Crippen LogP contribution in [0.4, 0.5) is 15.7 Å². The average Bonchev–Trinajstić information content (AvgIpc) is 3.35. The van der Waals surface area contributed by atoms with Crippen LogP contribution in [-0.2, 0) is 0 Å². The van der Waals surface area contributed by atoms with Gasteiger partial charge in [-0.15, -0.1) is 0 Å². The number of carbonyl (C=O) groups is 1. The van der Waals surface area contributed by atoms with E-state index in [1.54, 1.807) is 17.3 Å². The number of anilines is 2. The number of nitrogens with two attached hydrogens (primary N) is 1. The normalized spacial score (nSPS) is 14.0. The number of pyridine rings is 2. The summed E-state index contributed by atoms with van der Waals surface area (Å²) in [5, 5.41) is 4.77. The molecule has 1 aliphatic rings. The highest BCUT2D eigenvalue weighted by Gasteiger charge is 2.25. The fourth-order valence-electron chi connectivity index (χ4n) is 3.71. The Morgan fingerprint density at radius 2 is 1.91 bits per heavy atom. The second-order valence-corrected chi connectivity index (χ2v) is 9.73. The van der Waals surface area contributed by atoms with Crippen LogP contribution in [0.15, 0.2) is 76.9 Å². The predicted octanol–water partition coefficient (Wildman–Crippen LogP) is 5.27. The number of primary amides is 1. The van der Waals surface area contributed by atoms with Gasteiger partial charge in [-0.1, -0.05) is 36.0 Å². The maximum Gasteiger partial charge on any atom is 0.314 e. The lowest BCUT2D eigenvalue weighted by Crippen LogP contribution is -2.41. The van der Waals surface area contributed by atoms with Crippen LogP contribution in [-0.4, -0.2) is 43.3 Å². The highest BCUT2D eigenvalue weighted by atomic mass is 32.2. The Morgan fingerprint density at radius 3 is 2.66 bits per heavy atom. The molecule has 1 aliphatic heterocycles. The molecule has 0 atom stereocenters. The number of carbonyl (C=O) groups excluding carboxylic acids is 1. The van der Waals surface area contributed by atoms with Gasteiger partial charge in [0.05, 0.1) is 0 Å². The Labute approximate surface area is 210 Å². The SMILES string of the molecule is NC(=O)N1CCC(c2nsc(Nc3ncc(Sc4ccccn4)cc3Oc3ccccc3)n2)CC1. The number of nitrogens with zero attached hydrogens (tertiary/aromatic N) is 5. The Balaban J connectivity index is 1.34. The van der Waals surface area contributed by atoms with Crippen molar-refractivity contribution in [3.8, 4) is 11.5 Å². The molecule has 9 nitrogen and oxygen atoms in total. The number of benzene rings is 1. The third-order valence-corrected chi connectivity index (χ3v) is 7.05. The van der Waals surface area contributed by atoms with E-state index in [1.807, 2.05) is 54.6 Å². The minimum atomic E-state index is -0.376. The van der Waals surface area contributed by atoms with Gasteiger partial charge in [-0.2, -0.15) is 4.37 Å². The molecule has 178 valence electrons. The van der Waals surface area contributed by atoms with Gasteiger partial charge in [-0.05, 0) is 37.1 Å². The van der Waals surface area contributed by atoms with E-state index in [1.165, 1.54) is 23.3 Å². The summed E-state index contributed by atoms with van der Waals surface area (Å²) in [5.74, 6) is 2.79. The molecule has 0 spiro atoms. The Hall–Kier alpha value is -3.70. The first kappa shape index (κ1) is 23.1. The second-order valence-electron chi connectivity index (χ2n) is 7.89. The largest absolute Gasteiger partial charge is 0.453 e. The fourth-order valence-corrected chi connectivity index (χ4v) is 5.13. The lowest BCUT2D eigenvalue weighted by molar-refractivity contribution is 0.189. The summed E-state index contributed by atoms with van der Waals surface area (Å²) in [5.41, 5.74) is 5.39. The van der Waals surface area contributed by atoms with Crippen molar-refractivity contribution in [2.75, 3.05) is 18.4 Å². The summed E-state index contributed by atoms with van der Waals surface area (Å²) in [6.45, 7) is 1.24. The number of amides is 2. The van der Waals surface area contributed by atoms with Crippen molar-refractivity contribution in [2.45, 2.75) is 28.7 Å². The van der Waals surface area contributed by atoms with Gasteiger partial charge in [0.15, 0.2) is 11.6 Å². The number of likely N-dealkylation sites (tertiary alicyclic amines) is 1. The molecule has 0 aliphatic carbocycles.